The number of allylic oxidation sites excluding steroid dienone is 1. The molecule has 0 unspecified atom stereocenters. The van der Waals surface area contributed by atoms with Crippen LogP contribution in [-0.2, 0) is 13.2 Å². The van der Waals surface area contributed by atoms with Crippen LogP contribution in [0.3, 0.4) is 0 Å². The second-order valence-electron chi connectivity index (χ2n) is 4.58. The Hall–Kier alpha value is -1.11. The van der Waals surface area contributed by atoms with E-state index in [0.717, 1.165) is 32.2 Å². The van der Waals surface area contributed by atoms with Crippen molar-refractivity contribution >= 4 is 39.7 Å². The van der Waals surface area contributed by atoms with Gasteiger partial charge in [-0.15, -0.1) is 6.58 Å². The number of aryl methyl sites for hydroxylation is 1. The number of H-pyrrole nitrogens is 1. The SMILES string of the molecule is C=CCn1c(COc2cc(C)c(Cl)c(C)c2Br)n[nH]c1=S. The molecule has 0 aliphatic heterocycles. The van der Waals surface area contributed by atoms with Gasteiger partial charge in [0.25, 0.3) is 0 Å². The van der Waals surface area contributed by atoms with Gasteiger partial charge in [-0.1, -0.05) is 17.7 Å². The van der Waals surface area contributed by atoms with Crippen LogP contribution < -0.4 is 4.74 Å². The second kappa shape index (κ2) is 6.77. The average Bonchev–Trinajstić information content (AvgIpc) is 2.81. The summed E-state index contributed by atoms with van der Waals surface area (Å²) in [4.78, 5) is 0. The highest BCUT2D eigenvalue weighted by atomic mass is 79.9. The summed E-state index contributed by atoms with van der Waals surface area (Å²) in [6, 6.07) is 1.90. The van der Waals surface area contributed by atoms with Crippen molar-refractivity contribution in [3.05, 3.63) is 49.9 Å². The zero-order chi connectivity index (χ0) is 15.6. The van der Waals surface area contributed by atoms with Gasteiger partial charge in [0.1, 0.15) is 12.4 Å². The number of hydrogen-bond acceptors (Lipinski definition) is 3. The Kier molecular flexibility index (Phi) is 5.24. The molecule has 7 heteroatoms. The van der Waals surface area contributed by atoms with Crippen LogP contribution in [0.2, 0.25) is 5.02 Å². The normalized spacial score (nSPS) is 10.7. The van der Waals surface area contributed by atoms with E-state index >= 15 is 0 Å². The Morgan fingerprint density at radius 2 is 2.29 bits per heavy atom. The Morgan fingerprint density at radius 1 is 1.57 bits per heavy atom. The van der Waals surface area contributed by atoms with E-state index in [1.807, 2.05) is 24.5 Å². The van der Waals surface area contributed by atoms with E-state index in [4.69, 9.17) is 28.6 Å². The summed E-state index contributed by atoms with van der Waals surface area (Å²) in [6.07, 6.45) is 1.77. The lowest BCUT2D eigenvalue weighted by molar-refractivity contribution is 0.288. The summed E-state index contributed by atoms with van der Waals surface area (Å²) in [5.74, 6) is 1.45. The minimum Gasteiger partial charge on any atom is -0.484 e. The Balaban J connectivity index is 2.25. The van der Waals surface area contributed by atoms with Crippen LogP contribution in [0.4, 0.5) is 0 Å². The molecule has 0 bridgehead atoms. The molecule has 1 aromatic heterocycles. The number of aromatic nitrogens is 3. The zero-order valence-electron chi connectivity index (χ0n) is 11.7. The molecule has 0 aliphatic rings. The van der Waals surface area contributed by atoms with E-state index in [1.54, 1.807) is 6.08 Å². The topological polar surface area (TPSA) is 42.8 Å². The highest BCUT2D eigenvalue weighted by Gasteiger charge is 2.12. The first-order valence-corrected chi connectivity index (χ1v) is 7.86. The number of rotatable bonds is 5. The van der Waals surface area contributed by atoms with Gasteiger partial charge in [0.2, 0.25) is 0 Å². The molecule has 0 atom stereocenters. The molecule has 4 nitrogen and oxygen atoms in total. The molecule has 2 rings (SSSR count). The number of halogens is 2. The Morgan fingerprint density at radius 3 is 2.95 bits per heavy atom. The second-order valence-corrected chi connectivity index (χ2v) is 6.14. The van der Waals surface area contributed by atoms with Gasteiger partial charge in [-0.25, -0.2) is 0 Å². The van der Waals surface area contributed by atoms with Crippen LogP contribution >= 0.6 is 39.7 Å². The number of aromatic amines is 1. The third kappa shape index (κ3) is 3.39. The molecule has 0 aliphatic carbocycles. The van der Waals surface area contributed by atoms with Crippen molar-refractivity contribution in [1.29, 1.82) is 0 Å². The van der Waals surface area contributed by atoms with Crippen molar-refractivity contribution in [2.75, 3.05) is 0 Å². The van der Waals surface area contributed by atoms with Crippen molar-refractivity contribution in [2.24, 2.45) is 0 Å². The third-order valence-electron chi connectivity index (χ3n) is 3.07. The van der Waals surface area contributed by atoms with Gasteiger partial charge >= 0.3 is 0 Å². The monoisotopic (exact) mass is 387 g/mol. The van der Waals surface area contributed by atoms with Gasteiger partial charge in [-0.05, 0) is 59.2 Å². The molecule has 1 heterocycles. The fourth-order valence-electron chi connectivity index (χ4n) is 1.93. The molecule has 1 N–H and O–H groups in total. The molecule has 0 radical (unpaired) electrons. The lowest BCUT2D eigenvalue weighted by Gasteiger charge is -2.13. The number of ether oxygens (including phenoxy) is 1. The molecule has 0 amide bonds. The zero-order valence-corrected chi connectivity index (χ0v) is 14.9. The fourth-order valence-corrected chi connectivity index (χ4v) is 2.84. The van der Waals surface area contributed by atoms with Crippen LogP contribution in [-0.4, -0.2) is 14.8 Å². The first kappa shape index (κ1) is 16.3. The molecule has 0 fully saturated rings. The number of nitrogens with zero attached hydrogens (tertiary/aromatic N) is 2. The van der Waals surface area contributed by atoms with Gasteiger partial charge in [0.05, 0.1) is 4.47 Å². The highest BCUT2D eigenvalue weighted by molar-refractivity contribution is 9.10. The van der Waals surface area contributed by atoms with Crippen LogP contribution in [0.5, 0.6) is 5.75 Å². The van der Waals surface area contributed by atoms with Gasteiger partial charge in [0, 0.05) is 11.6 Å². The molecule has 1 aromatic carbocycles. The fraction of sp³-hybridized carbons (Fsp3) is 0.286. The molecular weight excluding hydrogens is 374 g/mol. The summed E-state index contributed by atoms with van der Waals surface area (Å²) < 4.78 is 9.09. The van der Waals surface area contributed by atoms with Crippen LogP contribution in [0, 0.1) is 18.6 Å². The summed E-state index contributed by atoms with van der Waals surface area (Å²) in [5, 5.41) is 7.67. The van der Waals surface area contributed by atoms with Crippen molar-refractivity contribution in [2.45, 2.75) is 27.0 Å². The van der Waals surface area contributed by atoms with Gasteiger partial charge in [-0.2, -0.15) is 5.10 Å². The number of benzene rings is 1. The summed E-state index contributed by atoms with van der Waals surface area (Å²) in [7, 11) is 0. The molecular formula is C14H15BrClN3OS. The van der Waals surface area contributed by atoms with Gasteiger partial charge in [0.15, 0.2) is 10.6 Å². The summed E-state index contributed by atoms with van der Waals surface area (Å²) >= 11 is 14.9. The van der Waals surface area contributed by atoms with Gasteiger partial charge in [-0.3, -0.25) is 9.67 Å². The average molecular weight is 389 g/mol. The third-order valence-corrected chi connectivity index (χ3v) is 4.95. The molecule has 2 aromatic rings. The highest BCUT2D eigenvalue weighted by Crippen LogP contribution is 2.36. The molecule has 0 saturated heterocycles. The van der Waals surface area contributed by atoms with Crippen molar-refractivity contribution in [1.82, 2.24) is 14.8 Å². The first-order chi connectivity index (χ1) is 9.95. The lowest BCUT2D eigenvalue weighted by atomic mass is 10.1. The molecule has 0 spiro atoms. The maximum atomic E-state index is 6.21. The molecule has 0 saturated carbocycles. The van der Waals surface area contributed by atoms with Crippen LogP contribution in [0.15, 0.2) is 23.2 Å². The van der Waals surface area contributed by atoms with Crippen molar-refractivity contribution in [3.63, 3.8) is 0 Å². The van der Waals surface area contributed by atoms with Crippen molar-refractivity contribution in [3.8, 4) is 5.75 Å². The Bertz CT molecular complexity index is 739. The van der Waals surface area contributed by atoms with Crippen LogP contribution in [0.25, 0.3) is 0 Å². The molecule has 112 valence electrons. The number of hydrogen-bond donors (Lipinski definition) is 1. The summed E-state index contributed by atoms with van der Waals surface area (Å²) in [6.45, 7) is 8.50. The molecule has 21 heavy (non-hydrogen) atoms. The van der Waals surface area contributed by atoms with E-state index in [0.29, 0.717) is 17.9 Å². The predicted octanol–water partition coefficient (Wildman–Crippen LogP) is 4.74. The van der Waals surface area contributed by atoms with Crippen molar-refractivity contribution < 1.29 is 4.74 Å². The standard InChI is InChI=1S/C14H15BrClN3OS/c1-4-5-19-11(17-18-14(19)21)7-20-10-6-8(2)13(16)9(3)12(10)15/h4,6H,1,5,7H2,2-3H3,(H,18,21). The van der Waals surface area contributed by atoms with E-state index in [1.165, 1.54) is 0 Å². The van der Waals surface area contributed by atoms with E-state index in [2.05, 4.69) is 32.7 Å². The van der Waals surface area contributed by atoms with Crippen LogP contribution in [0.1, 0.15) is 17.0 Å². The quantitative estimate of drug-likeness (QED) is 0.594. The van der Waals surface area contributed by atoms with E-state index < -0.39 is 0 Å². The smallest absolute Gasteiger partial charge is 0.195 e. The summed E-state index contributed by atoms with van der Waals surface area (Å²) in [5.41, 5.74) is 1.92. The largest absolute Gasteiger partial charge is 0.484 e. The van der Waals surface area contributed by atoms with E-state index in [9.17, 15) is 0 Å². The minimum atomic E-state index is 0.306. The Labute approximate surface area is 141 Å². The van der Waals surface area contributed by atoms with E-state index in [-0.39, 0.29) is 0 Å². The minimum absolute atomic E-state index is 0.306. The lowest BCUT2D eigenvalue weighted by Crippen LogP contribution is -2.07. The number of nitrogens with one attached hydrogen (secondary N) is 1. The van der Waals surface area contributed by atoms with Gasteiger partial charge < -0.3 is 4.74 Å². The predicted molar refractivity (Wildman–Crippen MR) is 90.6 cm³/mol. The maximum Gasteiger partial charge on any atom is 0.195 e. The maximum absolute atomic E-state index is 6.21. The first-order valence-electron chi connectivity index (χ1n) is 6.28.